The van der Waals surface area contributed by atoms with E-state index in [0.717, 1.165) is 64.2 Å². The molecule has 0 spiro atoms. The summed E-state index contributed by atoms with van der Waals surface area (Å²) >= 11 is 0. The first-order valence-electron chi connectivity index (χ1n) is 23.8. The fourth-order valence-electron chi connectivity index (χ4n) is 13.7. The molecule has 2 amide bonds. The number of rotatable bonds is 16. The van der Waals surface area contributed by atoms with Crippen LogP contribution in [0.3, 0.4) is 0 Å². The lowest BCUT2D eigenvalue weighted by atomic mass is 9.33. The number of carbonyl (C=O) groups excluding carboxylic acids is 4. The Bertz CT molecular complexity index is 2270. The monoisotopic (exact) mass is 908 g/mol. The summed E-state index contributed by atoms with van der Waals surface area (Å²) in [6.07, 6.45) is 11.6. The van der Waals surface area contributed by atoms with Crippen LogP contribution in [0.25, 0.3) is 10.4 Å². The zero-order valence-electron chi connectivity index (χ0n) is 39.9. The highest BCUT2D eigenvalue weighted by Gasteiger charge is 2.69. The van der Waals surface area contributed by atoms with Gasteiger partial charge in [-0.25, -0.2) is 4.79 Å². The van der Waals surface area contributed by atoms with E-state index in [1.165, 1.54) is 5.57 Å². The molecular weight excluding hydrogens is 839 g/mol. The molecule has 8 atom stereocenters. The lowest BCUT2D eigenvalue weighted by molar-refractivity contribution is -0.215. The maximum absolute atomic E-state index is 13.2. The minimum atomic E-state index is -0.644. The molecule has 5 aliphatic carbocycles. The predicted molar refractivity (Wildman–Crippen MR) is 249 cm³/mol. The standard InChI is InChI=1S/C52H69N5O9/c1-47(2)22-24-52(46(62)63)25-23-50(6)37(38(52)30-47)16-17-40-49(5)20-19-41(48(3,4)39(49)18-21-51(40,50)7)66-43(59)32-65-29-28-64-27-26-54-45(61)35-10-8-33(9-11-35)44(60)34-12-14-36(15-13-34)56-42(58)31-55-57-53/h8-16,38-41H,17-32H2,1-7H3,(H,54,61)(H,56,58)(H,62,63)/t38-,39-,40+,41-,49-,50+,51+,52-/m0/s1. The molecule has 0 unspecified atom stereocenters. The minimum absolute atomic E-state index is 0.0410. The molecule has 3 N–H and O–H groups in total. The van der Waals surface area contributed by atoms with Gasteiger partial charge < -0.3 is 30.0 Å². The van der Waals surface area contributed by atoms with Gasteiger partial charge in [-0.3, -0.25) is 19.2 Å². The van der Waals surface area contributed by atoms with Gasteiger partial charge in [-0.2, -0.15) is 0 Å². The summed E-state index contributed by atoms with van der Waals surface area (Å²) < 4.78 is 17.5. The van der Waals surface area contributed by atoms with Crippen LogP contribution in [0.1, 0.15) is 139 Å². The van der Waals surface area contributed by atoms with Crippen molar-refractivity contribution >= 4 is 35.2 Å². The van der Waals surface area contributed by atoms with Crippen LogP contribution in [-0.4, -0.2) is 80.3 Å². The zero-order chi connectivity index (χ0) is 47.7. The molecule has 66 heavy (non-hydrogen) atoms. The van der Waals surface area contributed by atoms with Crippen LogP contribution < -0.4 is 10.6 Å². The van der Waals surface area contributed by atoms with Crippen molar-refractivity contribution in [2.75, 3.05) is 44.8 Å². The normalized spacial score (nSPS) is 31.5. The number of benzene rings is 2. The molecule has 14 nitrogen and oxygen atoms in total. The number of carboxylic acid groups (broad SMARTS) is 1. The maximum atomic E-state index is 13.2. The number of nitrogens with zero attached hydrogens (tertiary/aromatic N) is 3. The number of hydrogen-bond donors (Lipinski definition) is 3. The topological polar surface area (TPSA) is 206 Å². The number of allylic oxidation sites excluding steroid dienone is 2. The Hall–Kier alpha value is -5.04. The molecule has 0 bridgehead atoms. The molecule has 2 aromatic carbocycles. The summed E-state index contributed by atoms with van der Waals surface area (Å²) in [5.41, 5.74) is 10.8. The number of hydrogen-bond acceptors (Lipinski definition) is 9. The van der Waals surface area contributed by atoms with E-state index in [1.54, 1.807) is 48.5 Å². The van der Waals surface area contributed by atoms with Gasteiger partial charge in [0.2, 0.25) is 5.91 Å². The van der Waals surface area contributed by atoms with E-state index in [4.69, 9.17) is 19.7 Å². The Labute approximate surface area is 389 Å². The summed E-state index contributed by atoms with van der Waals surface area (Å²) in [5, 5.41) is 19.3. The maximum Gasteiger partial charge on any atom is 0.332 e. The Morgan fingerprint density at radius 3 is 2.12 bits per heavy atom. The van der Waals surface area contributed by atoms with Crippen molar-refractivity contribution < 1.29 is 43.3 Å². The number of carboxylic acids is 1. The lowest BCUT2D eigenvalue weighted by Gasteiger charge is -2.71. The zero-order valence-corrected chi connectivity index (χ0v) is 39.9. The van der Waals surface area contributed by atoms with Crippen LogP contribution in [0.2, 0.25) is 0 Å². The van der Waals surface area contributed by atoms with E-state index < -0.39 is 17.3 Å². The Morgan fingerprint density at radius 1 is 0.788 bits per heavy atom. The number of anilines is 1. The van der Waals surface area contributed by atoms with Crippen molar-refractivity contribution in [1.82, 2.24) is 5.32 Å². The van der Waals surface area contributed by atoms with Crippen LogP contribution in [-0.2, 0) is 28.6 Å². The van der Waals surface area contributed by atoms with Crippen molar-refractivity contribution in [3.63, 3.8) is 0 Å². The number of fused-ring (bicyclic) bond motifs is 7. The Morgan fingerprint density at radius 2 is 1.44 bits per heavy atom. The van der Waals surface area contributed by atoms with E-state index >= 15 is 0 Å². The number of carbonyl (C=O) groups is 5. The van der Waals surface area contributed by atoms with Crippen molar-refractivity contribution in [1.29, 1.82) is 0 Å². The number of nitrogens with one attached hydrogen (secondary N) is 2. The van der Waals surface area contributed by atoms with Gasteiger partial charge in [0.05, 0.1) is 25.2 Å². The molecule has 0 aliphatic heterocycles. The highest BCUT2D eigenvalue weighted by molar-refractivity contribution is 6.09. The molecule has 2 aromatic rings. The molecule has 356 valence electrons. The van der Waals surface area contributed by atoms with Crippen LogP contribution in [0.4, 0.5) is 5.69 Å². The summed E-state index contributed by atoms with van der Waals surface area (Å²) in [6, 6.07) is 12.6. The van der Waals surface area contributed by atoms with Gasteiger partial charge in [0, 0.05) is 39.2 Å². The molecule has 14 heteroatoms. The summed E-state index contributed by atoms with van der Waals surface area (Å²) in [4.78, 5) is 66.2. The third-order valence-corrected chi connectivity index (χ3v) is 17.5. The number of ketones is 1. The van der Waals surface area contributed by atoms with Crippen LogP contribution in [0.5, 0.6) is 0 Å². The first kappa shape index (κ1) is 48.9. The van der Waals surface area contributed by atoms with Crippen molar-refractivity contribution in [3.05, 3.63) is 87.3 Å². The SMILES string of the molecule is CC1(C)CC[C@]2(C(=O)O)CC[C@]3(C)C(=CC[C@@H]4[C@@]5(C)CC[C@H](OC(=O)COCCOCCNC(=O)c6ccc(C(=O)c7ccc(NC(=O)CN=[N+]=[N-])cc7)cc6)C(C)(C)[C@@H]5CC[C@]43C)[C@@H]2C1. The second-order valence-corrected chi connectivity index (χ2v) is 21.9. The molecule has 0 saturated heterocycles. The van der Waals surface area contributed by atoms with Gasteiger partial charge in [-0.1, -0.05) is 77.4 Å². The Kier molecular flexibility index (Phi) is 14.0. The number of aliphatic carboxylic acids is 1. The molecule has 7 rings (SSSR count). The average molecular weight is 908 g/mol. The summed E-state index contributed by atoms with van der Waals surface area (Å²) in [5.74, 6) is -1.08. The molecule has 4 saturated carbocycles. The second kappa shape index (κ2) is 18.9. The molecule has 5 aliphatic rings. The van der Waals surface area contributed by atoms with Crippen molar-refractivity contribution in [2.24, 2.45) is 55.4 Å². The van der Waals surface area contributed by atoms with Gasteiger partial charge >= 0.3 is 11.9 Å². The minimum Gasteiger partial charge on any atom is -0.481 e. The van der Waals surface area contributed by atoms with E-state index in [0.29, 0.717) is 34.2 Å². The van der Waals surface area contributed by atoms with Crippen LogP contribution >= 0.6 is 0 Å². The van der Waals surface area contributed by atoms with E-state index in [1.807, 2.05) is 0 Å². The first-order chi connectivity index (χ1) is 31.2. The van der Waals surface area contributed by atoms with Gasteiger partial charge in [0.15, 0.2) is 5.78 Å². The third kappa shape index (κ3) is 9.17. The second-order valence-electron chi connectivity index (χ2n) is 21.9. The fraction of sp³-hybridized carbons (Fsp3) is 0.635. The third-order valence-electron chi connectivity index (χ3n) is 17.5. The number of ether oxygens (including phenoxy) is 3. The molecule has 0 heterocycles. The molecule has 4 fully saturated rings. The fourth-order valence-corrected chi connectivity index (χ4v) is 13.7. The average Bonchev–Trinajstić information content (AvgIpc) is 3.27. The van der Waals surface area contributed by atoms with Gasteiger partial charge in [0.25, 0.3) is 5.91 Å². The Balaban J connectivity index is 0.829. The van der Waals surface area contributed by atoms with Crippen LogP contribution in [0, 0.1) is 50.2 Å². The van der Waals surface area contributed by atoms with Gasteiger partial charge in [-0.05, 0) is 146 Å². The van der Waals surface area contributed by atoms with E-state index in [-0.39, 0.29) is 96.3 Å². The van der Waals surface area contributed by atoms with Crippen molar-refractivity contribution in [3.8, 4) is 0 Å². The summed E-state index contributed by atoms with van der Waals surface area (Å²) in [7, 11) is 0. The number of esters is 1. The van der Waals surface area contributed by atoms with E-state index in [9.17, 15) is 29.1 Å². The highest BCUT2D eigenvalue weighted by Crippen LogP contribution is 2.76. The highest BCUT2D eigenvalue weighted by atomic mass is 16.6. The van der Waals surface area contributed by atoms with Gasteiger partial charge in [-0.15, -0.1) is 0 Å². The smallest absolute Gasteiger partial charge is 0.332 e. The molecule has 0 aromatic heterocycles. The summed E-state index contributed by atoms with van der Waals surface area (Å²) in [6.45, 7) is 17.1. The van der Waals surface area contributed by atoms with E-state index in [2.05, 4.69) is 75.2 Å². The first-order valence-corrected chi connectivity index (χ1v) is 23.8. The number of amides is 2. The van der Waals surface area contributed by atoms with Gasteiger partial charge in [0.1, 0.15) is 19.3 Å². The predicted octanol–water partition coefficient (Wildman–Crippen LogP) is 9.73. The van der Waals surface area contributed by atoms with Crippen LogP contribution in [0.15, 0.2) is 65.3 Å². The number of azide groups is 1. The molecule has 0 radical (unpaired) electrons. The van der Waals surface area contributed by atoms with Crippen molar-refractivity contribution in [2.45, 2.75) is 119 Å². The lowest BCUT2D eigenvalue weighted by Crippen LogP contribution is -2.65. The quantitative estimate of drug-likeness (QED) is 0.0278. The molecular formula is C52H69N5O9. The largest absolute Gasteiger partial charge is 0.481 e.